The summed E-state index contributed by atoms with van der Waals surface area (Å²) in [5.74, 6) is -3.24. The standard InChI is InChI=1S/C43H66N6O8/c1-10-28(4)39(48(7)37(51)25-45-42(53)38(27(2)3)47(6)26-31-18-14-19-32(44)22-31)35(56-8)24-36(50)49-21-15-20-34(49)40(57-9)29(5)41(52)46-33(43(54)55)23-30-16-12-11-13-17-30/h11-14,16-19,22,27-29,33-35,38-40H,10,15,20-21,23-26,44H2,1-9H3,(H,45,53)(H,46,52)(H,54,55)/t28-,29+,33-,34-,35+,38-,39-,40+/m0/s1. The summed E-state index contributed by atoms with van der Waals surface area (Å²) < 4.78 is 11.8. The number of carbonyl (C=O) groups is 5. The fourth-order valence-corrected chi connectivity index (χ4v) is 8.16. The van der Waals surface area contributed by atoms with Gasteiger partial charge in [0.15, 0.2) is 0 Å². The van der Waals surface area contributed by atoms with E-state index in [2.05, 4.69) is 10.6 Å². The highest BCUT2D eigenvalue weighted by molar-refractivity contribution is 5.88. The fraction of sp³-hybridized carbons (Fsp3) is 0.605. The number of rotatable bonds is 22. The molecule has 0 saturated carbocycles. The summed E-state index contributed by atoms with van der Waals surface area (Å²) in [5.41, 5.74) is 8.37. The second-order valence-corrected chi connectivity index (χ2v) is 15.8. The van der Waals surface area contributed by atoms with Crippen molar-refractivity contribution in [3.05, 3.63) is 65.7 Å². The van der Waals surface area contributed by atoms with Gasteiger partial charge in [0.1, 0.15) is 6.04 Å². The van der Waals surface area contributed by atoms with Crippen LogP contribution in [0.4, 0.5) is 5.69 Å². The van der Waals surface area contributed by atoms with Crippen molar-refractivity contribution in [2.75, 3.05) is 47.1 Å². The third-order valence-electron chi connectivity index (χ3n) is 11.4. The van der Waals surface area contributed by atoms with E-state index in [1.807, 2.05) is 94.2 Å². The molecule has 0 unspecified atom stereocenters. The van der Waals surface area contributed by atoms with Gasteiger partial charge in [0, 0.05) is 46.5 Å². The van der Waals surface area contributed by atoms with Gasteiger partial charge >= 0.3 is 5.97 Å². The molecule has 2 aromatic carbocycles. The Morgan fingerprint density at radius 3 is 2.19 bits per heavy atom. The minimum atomic E-state index is -1.14. The van der Waals surface area contributed by atoms with Crippen molar-refractivity contribution < 1.29 is 38.6 Å². The molecule has 5 N–H and O–H groups in total. The van der Waals surface area contributed by atoms with Crippen LogP contribution in [0.5, 0.6) is 0 Å². The molecular weight excluding hydrogens is 729 g/mol. The molecule has 4 amide bonds. The Bertz CT molecular complexity index is 1630. The van der Waals surface area contributed by atoms with Crippen LogP contribution in [0.15, 0.2) is 54.6 Å². The van der Waals surface area contributed by atoms with Gasteiger partial charge in [-0.25, -0.2) is 4.79 Å². The van der Waals surface area contributed by atoms with Crippen LogP contribution in [0.2, 0.25) is 0 Å². The topological polar surface area (TPSA) is 184 Å². The number of nitrogens with one attached hydrogen (secondary N) is 2. The van der Waals surface area contributed by atoms with Gasteiger partial charge in [0.05, 0.1) is 49.2 Å². The Hall–Kier alpha value is -4.53. The molecule has 0 aromatic heterocycles. The monoisotopic (exact) mass is 794 g/mol. The van der Waals surface area contributed by atoms with E-state index in [0.717, 1.165) is 11.1 Å². The summed E-state index contributed by atoms with van der Waals surface area (Å²) in [6.45, 7) is 10.4. The number of carboxylic acids is 1. The van der Waals surface area contributed by atoms with Crippen molar-refractivity contribution in [1.82, 2.24) is 25.3 Å². The number of anilines is 1. The Balaban J connectivity index is 1.69. The number of hydrogen-bond acceptors (Lipinski definition) is 9. The summed E-state index contributed by atoms with van der Waals surface area (Å²) >= 11 is 0. The van der Waals surface area contributed by atoms with Crippen molar-refractivity contribution in [2.24, 2.45) is 17.8 Å². The molecule has 2 aromatic rings. The molecule has 3 rings (SSSR count). The fourth-order valence-electron chi connectivity index (χ4n) is 8.16. The molecule has 0 bridgehead atoms. The number of carbonyl (C=O) groups excluding carboxylic acids is 4. The second kappa shape index (κ2) is 22.4. The molecule has 1 fully saturated rings. The number of nitrogens with zero attached hydrogens (tertiary/aromatic N) is 3. The van der Waals surface area contributed by atoms with E-state index in [1.54, 1.807) is 23.8 Å². The van der Waals surface area contributed by atoms with Crippen molar-refractivity contribution in [2.45, 2.75) is 110 Å². The maximum absolute atomic E-state index is 14.1. The maximum Gasteiger partial charge on any atom is 0.326 e. The van der Waals surface area contributed by atoms with Crippen LogP contribution in [0.3, 0.4) is 0 Å². The summed E-state index contributed by atoms with van der Waals surface area (Å²) in [6, 6.07) is 14.1. The number of benzene rings is 2. The molecule has 8 atom stereocenters. The predicted molar refractivity (Wildman–Crippen MR) is 220 cm³/mol. The first-order valence-corrected chi connectivity index (χ1v) is 20.0. The van der Waals surface area contributed by atoms with Gasteiger partial charge in [-0.3, -0.25) is 24.1 Å². The SMILES string of the molecule is CC[C@H](C)[C@@H]([C@@H](CC(=O)N1CCC[C@H]1[C@H](OC)[C@@H](C)C(=O)N[C@@H](Cc1ccccc1)C(=O)O)OC)N(C)C(=O)CNC(=O)[C@H](C(C)C)N(C)Cc1cccc(N)c1. The van der Waals surface area contributed by atoms with E-state index >= 15 is 0 Å². The normalized spacial score (nSPS) is 17.9. The number of nitrogen functional groups attached to an aromatic ring is 1. The zero-order valence-electron chi connectivity index (χ0n) is 35.3. The zero-order chi connectivity index (χ0) is 42.4. The molecule has 0 spiro atoms. The van der Waals surface area contributed by atoms with Gasteiger partial charge < -0.3 is 40.7 Å². The first-order chi connectivity index (χ1) is 27.0. The van der Waals surface area contributed by atoms with Gasteiger partial charge in [-0.15, -0.1) is 0 Å². The Kier molecular flexibility index (Phi) is 18.4. The molecular formula is C43H66N6O8. The number of likely N-dealkylation sites (N-methyl/N-ethyl adjacent to an activating group) is 2. The molecule has 1 heterocycles. The van der Waals surface area contributed by atoms with E-state index in [-0.39, 0.29) is 48.9 Å². The summed E-state index contributed by atoms with van der Waals surface area (Å²) in [5, 5.41) is 15.4. The van der Waals surface area contributed by atoms with E-state index < -0.39 is 54.2 Å². The molecule has 14 heteroatoms. The first-order valence-electron chi connectivity index (χ1n) is 20.0. The maximum atomic E-state index is 14.1. The van der Waals surface area contributed by atoms with Crippen molar-refractivity contribution in [1.29, 1.82) is 0 Å². The number of likely N-dealkylation sites (tertiary alicyclic amines) is 1. The predicted octanol–water partition coefficient (Wildman–Crippen LogP) is 3.57. The lowest BCUT2D eigenvalue weighted by molar-refractivity contribution is -0.147. The van der Waals surface area contributed by atoms with Crippen LogP contribution in [-0.2, 0) is 46.4 Å². The Labute approximate surface area is 338 Å². The highest BCUT2D eigenvalue weighted by atomic mass is 16.5. The van der Waals surface area contributed by atoms with E-state index in [1.165, 1.54) is 14.2 Å². The number of hydrogen-bond donors (Lipinski definition) is 4. The van der Waals surface area contributed by atoms with Gasteiger partial charge in [0.25, 0.3) is 0 Å². The number of carboxylic acid groups (broad SMARTS) is 1. The quantitative estimate of drug-likeness (QED) is 0.129. The Morgan fingerprint density at radius 1 is 0.947 bits per heavy atom. The Morgan fingerprint density at radius 2 is 1.61 bits per heavy atom. The summed E-state index contributed by atoms with van der Waals surface area (Å²) in [7, 11) is 6.57. The highest BCUT2D eigenvalue weighted by Crippen LogP contribution is 2.29. The zero-order valence-corrected chi connectivity index (χ0v) is 35.3. The van der Waals surface area contributed by atoms with Crippen molar-refractivity contribution in [3.63, 3.8) is 0 Å². The minimum Gasteiger partial charge on any atom is -0.480 e. The van der Waals surface area contributed by atoms with Crippen LogP contribution in [0.1, 0.15) is 71.4 Å². The molecule has 14 nitrogen and oxygen atoms in total. The number of amides is 4. The van der Waals surface area contributed by atoms with E-state index in [9.17, 15) is 29.1 Å². The average Bonchev–Trinajstić information content (AvgIpc) is 3.66. The lowest BCUT2D eigenvalue weighted by atomic mass is 9.90. The second-order valence-electron chi connectivity index (χ2n) is 15.8. The van der Waals surface area contributed by atoms with E-state index in [4.69, 9.17) is 15.2 Å². The molecule has 1 saturated heterocycles. The molecule has 1 aliphatic rings. The van der Waals surface area contributed by atoms with Gasteiger partial charge in [0.2, 0.25) is 23.6 Å². The smallest absolute Gasteiger partial charge is 0.326 e. The lowest BCUT2D eigenvalue weighted by Gasteiger charge is -2.39. The van der Waals surface area contributed by atoms with Crippen molar-refractivity contribution >= 4 is 35.3 Å². The van der Waals surface area contributed by atoms with Crippen LogP contribution in [0.25, 0.3) is 0 Å². The van der Waals surface area contributed by atoms with Crippen LogP contribution >= 0.6 is 0 Å². The third kappa shape index (κ3) is 13.0. The van der Waals surface area contributed by atoms with Crippen LogP contribution < -0.4 is 16.4 Å². The van der Waals surface area contributed by atoms with Crippen LogP contribution in [0, 0.1) is 17.8 Å². The summed E-state index contributed by atoms with van der Waals surface area (Å²) in [6.07, 6.45) is 0.756. The van der Waals surface area contributed by atoms with E-state index in [0.29, 0.717) is 38.0 Å². The van der Waals surface area contributed by atoms with Gasteiger partial charge in [-0.2, -0.15) is 0 Å². The van der Waals surface area contributed by atoms with Gasteiger partial charge in [-0.1, -0.05) is 83.5 Å². The number of nitrogens with two attached hydrogens (primary N) is 1. The number of ether oxygens (including phenoxy) is 2. The number of aliphatic carboxylic acids is 1. The van der Waals surface area contributed by atoms with Crippen LogP contribution in [-0.4, -0.2) is 127 Å². The minimum absolute atomic E-state index is 0.0224. The number of methoxy groups -OCH3 is 2. The largest absolute Gasteiger partial charge is 0.480 e. The highest BCUT2D eigenvalue weighted by Gasteiger charge is 2.42. The van der Waals surface area contributed by atoms with Gasteiger partial charge in [-0.05, 0) is 55.0 Å². The molecule has 316 valence electrons. The first kappa shape index (κ1) is 46.8. The molecule has 0 aliphatic carbocycles. The third-order valence-corrected chi connectivity index (χ3v) is 11.4. The lowest BCUT2D eigenvalue weighted by Crippen LogP contribution is -2.55. The molecule has 0 radical (unpaired) electrons. The van der Waals surface area contributed by atoms with Crippen molar-refractivity contribution in [3.8, 4) is 0 Å². The molecule has 1 aliphatic heterocycles. The average molecular weight is 795 g/mol. The summed E-state index contributed by atoms with van der Waals surface area (Å²) in [4.78, 5) is 72.2. The molecule has 57 heavy (non-hydrogen) atoms.